The van der Waals surface area contributed by atoms with E-state index in [0.717, 1.165) is 6.42 Å². The van der Waals surface area contributed by atoms with Crippen molar-refractivity contribution in [3.63, 3.8) is 0 Å². The second-order valence-electron chi connectivity index (χ2n) is 8.16. The summed E-state index contributed by atoms with van der Waals surface area (Å²) in [7, 11) is 0. The summed E-state index contributed by atoms with van der Waals surface area (Å²) in [6.45, 7) is 0.526. The van der Waals surface area contributed by atoms with E-state index in [1.807, 2.05) is 0 Å². The predicted molar refractivity (Wildman–Crippen MR) is 118 cm³/mol. The largest absolute Gasteiger partial charge is 0.490 e. The molecule has 4 N–H and O–H groups in total. The van der Waals surface area contributed by atoms with E-state index >= 15 is 0 Å². The van der Waals surface area contributed by atoms with Crippen LogP contribution in [-0.2, 0) is 4.74 Å². The molecule has 2 aliphatic rings. The maximum absolute atomic E-state index is 13.2. The molecule has 10 nitrogen and oxygen atoms in total. The maximum atomic E-state index is 13.2. The summed E-state index contributed by atoms with van der Waals surface area (Å²) >= 11 is 0. The van der Waals surface area contributed by atoms with Crippen LogP contribution in [0.25, 0.3) is 22.1 Å². The Morgan fingerprint density at radius 2 is 1.74 bits per heavy atom. The number of ether oxygens (including phenoxy) is 4. The molecule has 3 aromatic rings. The lowest BCUT2D eigenvalue weighted by molar-refractivity contribution is -0.277. The van der Waals surface area contributed by atoms with Gasteiger partial charge in [-0.3, -0.25) is 4.79 Å². The van der Waals surface area contributed by atoms with Crippen LogP contribution in [0.1, 0.15) is 6.42 Å². The molecule has 0 amide bonds. The zero-order valence-electron chi connectivity index (χ0n) is 18.0. The molecule has 1 fully saturated rings. The lowest BCUT2D eigenvalue weighted by Crippen LogP contribution is -2.60. The molecule has 2 aromatic carbocycles. The van der Waals surface area contributed by atoms with Crippen molar-refractivity contribution in [2.75, 3.05) is 19.8 Å². The van der Waals surface area contributed by atoms with Crippen molar-refractivity contribution in [1.82, 2.24) is 0 Å². The summed E-state index contributed by atoms with van der Waals surface area (Å²) in [5.74, 6) is 1.39. The van der Waals surface area contributed by atoms with Gasteiger partial charge in [0, 0.05) is 12.5 Å². The van der Waals surface area contributed by atoms with Gasteiger partial charge in [-0.1, -0.05) is 6.07 Å². The summed E-state index contributed by atoms with van der Waals surface area (Å²) in [4.78, 5) is 13.2. The molecule has 0 unspecified atom stereocenters. The molecule has 0 radical (unpaired) electrons. The van der Waals surface area contributed by atoms with Crippen molar-refractivity contribution < 1.29 is 43.8 Å². The third kappa shape index (κ3) is 4.10. The molecular formula is C24H24O10. The Labute approximate surface area is 193 Å². The molecule has 1 saturated heterocycles. The highest BCUT2D eigenvalue weighted by atomic mass is 16.7. The van der Waals surface area contributed by atoms with Crippen LogP contribution in [0, 0.1) is 0 Å². The van der Waals surface area contributed by atoms with Crippen molar-refractivity contribution in [1.29, 1.82) is 0 Å². The molecule has 10 heteroatoms. The molecule has 5 atom stereocenters. The first kappa shape index (κ1) is 22.6. The van der Waals surface area contributed by atoms with Gasteiger partial charge in [0.1, 0.15) is 42.0 Å². The highest BCUT2D eigenvalue weighted by molar-refractivity contribution is 5.83. The third-order valence-corrected chi connectivity index (χ3v) is 5.91. The van der Waals surface area contributed by atoms with Crippen LogP contribution >= 0.6 is 0 Å². The second-order valence-corrected chi connectivity index (χ2v) is 8.16. The van der Waals surface area contributed by atoms with Gasteiger partial charge in [-0.2, -0.15) is 0 Å². The van der Waals surface area contributed by atoms with E-state index in [4.69, 9.17) is 23.4 Å². The monoisotopic (exact) mass is 472 g/mol. The summed E-state index contributed by atoms with van der Waals surface area (Å²) in [5.41, 5.74) is 0.965. The van der Waals surface area contributed by atoms with Crippen LogP contribution in [0.4, 0.5) is 0 Å². The molecule has 0 bridgehead atoms. The number of benzene rings is 2. The van der Waals surface area contributed by atoms with Crippen molar-refractivity contribution in [2.45, 2.75) is 37.1 Å². The fourth-order valence-corrected chi connectivity index (χ4v) is 4.01. The Bertz CT molecular complexity index is 1240. The quantitative estimate of drug-likeness (QED) is 0.430. The molecule has 0 aliphatic carbocycles. The summed E-state index contributed by atoms with van der Waals surface area (Å²) in [6, 6.07) is 9.75. The van der Waals surface area contributed by atoms with Crippen molar-refractivity contribution >= 4 is 11.0 Å². The van der Waals surface area contributed by atoms with Gasteiger partial charge >= 0.3 is 0 Å². The first-order valence-corrected chi connectivity index (χ1v) is 10.9. The standard InChI is InChI=1S/C24H24O10/c25-10-19-21(27)22(28)23(29)24(34-19)33-13-3-4-14-17(9-13)32-11-15(20(14)26)12-2-5-16-18(8-12)31-7-1-6-30-16/h2-5,8-9,11,19,21-25,27-29H,1,6-7,10H2/t19-,21+,22+,23+,24+/m0/s1. The molecule has 34 heavy (non-hydrogen) atoms. The minimum atomic E-state index is -1.56. The zero-order chi connectivity index (χ0) is 23.8. The van der Waals surface area contributed by atoms with Gasteiger partial charge in [0.25, 0.3) is 0 Å². The Balaban J connectivity index is 1.42. The minimum absolute atomic E-state index is 0.198. The van der Waals surface area contributed by atoms with Gasteiger partial charge in [-0.25, -0.2) is 0 Å². The molecular weight excluding hydrogens is 448 g/mol. The number of aliphatic hydroxyl groups excluding tert-OH is 4. The van der Waals surface area contributed by atoms with E-state index in [2.05, 4.69) is 0 Å². The van der Waals surface area contributed by atoms with Crippen LogP contribution in [0.3, 0.4) is 0 Å². The normalized spacial score (nSPS) is 26.8. The molecule has 2 aliphatic heterocycles. The topological polar surface area (TPSA) is 148 Å². The molecule has 180 valence electrons. The Morgan fingerprint density at radius 3 is 2.53 bits per heavy atom. The van der Waals surface area contributed by atoms with Crippen LogP contribution in [-0.4, -0.2) is 71.0 Å². The van der Waals surface area contributed by atoms with Crippen molar-refractivity contribution in [3.05, 3.63) is 52.9 Å². The highest BCUT2D eigenvalue weighted by Gasteiger charge is 2.44. The molecule has 3 heterocycles. The van der Waals surface area contributed by atoms with E-state index in [1.165, 1.54) is 24.5 Å². The SMILES string of the molecule is O=c1c(-c2ccc3c(c2)OCCCO3)coc2cc(O[C@@H]3O[C@@H](CO)[C@@H](O)[C@@H](O)[C@H]3O)ccc12. The number of rotatable bonds is 4. The molecule has 5 rings (SSSR count). The van der Waals surface area contributed by atoms with Crippen molar-refractivity contribution in [2.24, 2.45) is 0 Å². The molecule has 0 saturated carbocycles. The average Bonchev–Trinajstić information content (AvgIpc) is 3.09. The Morgan fingerprint density at radius 1 is 0.941 bits per heavy atom. The van der Waals surface area contributed by atoms with E-state index in [-0.39, 0.29) is 16.8 Å². The van der Waals surface area contributed by atoms with E-state index in [1.54, 1.807) is 18.2 Å². The highest BCUT2D eigenvalue weighted by Crippen LogP contribution is 2.34. The number of aliphatic hydroxyl groups is 4. The first-order valence-electron chi connectivity index (χ1n) is 10.9. The molecule has 0 spiro atoms. The lowest BCUT2D eigenvalue weighted by atomic mass is 9.99. The molecule has 1 aromatic heterocycles. The predicted octanol–water partition coefficient (Wildman–Crippen LogP) is 0.800. The summed E-state index contributed by atoms with van der Waals surface area (Å²) in [6.07, 6.45) is -4.93. The van der Waals surface area contributed by atoms with Crippen molar-refractivity contribution in [3.8, 4) is 28.4 Å². The van der Waals surface area contributed by atoms with Crippen LogP contribution in [0.2, 0.25) is 0 Å². The third-order valence-electron chi connectivity index (χ3n) is 5.91. The van der Waals surface area contributed by atoms with Gasteiger partial charge < -0.3 is 43.8 Å². The van der Waals surface area contributed by atoms with E-state index < -0.39 is 37.3 Å². The minimum Gasteiger partial charge on any atom is -0.490 e. The summed E-state index contributed by atoms with van der Waals surface area (Å²) < 4.78 is 28.0. The van der Waals surface area contributed by atoms with Crippen LogP contribution < -0.4 is 19.6 Å². The smallest absolute Gasteiger partial charge is 0.229 e. The van der Waals surface area contributed by atoms with E-state index in [9.17, 15) is 25.2 Å². The number of hydrogen-bond donors (Lipinski definition) is 4. The maximum Gasteiger partial charge on any atom is 0.229 e. The van der Waals surface area contributed by atoms with E-state index in [0.29, 0.717) is 41.2 Å². The Hall–Kier alpha value is -3.15. The first-order chi connectivity index (χ1) is 16.5. The second kappa shape index (κ2) is 9.24. The van der Waals surface area contributed by atoms with Gasteiger partial charge in [0.2, 0.25) is 6.29 Å². The lowest BCUT2D eigenvalue weighted by Gasteiger charge is -2.39. The van der Waals surface area contributed by atoms with Gasteiger partial charge in [0.05, 0.1) is 30.8 Å². The van der Waals surface area contributed by atoms with Crippen LogP contribution in [0.5, 0.6) is 17.2 Å². The zero-order valence-corrected chi connectivity index (χ0v) is 18.0. The van der Waals surface area contributed by atoms with Gasteiger partial charge in [-0.05, 0) is 29.8 Å². The fraction of sp³-hybridized carbons (Fsp3) is 0.375. The number of hydrogen-bond acceptors (Lipinski definition) is 10. The average molecular weight is 472 g/mol. The Kier molecular flexibility index (Phi) is 6.15. The van der Waals surface area contributed by atoms with Gasteiger partial charge in [0.15, 0.2) is 16.9 Å². The van der Waals surface area contributed by atoms with Gasteiger partial charge in [-0.15, -0.1) is 0 Å². The number of fused-ring (bicyclic) bond motifs is 2. The summed E-state index contributed by atoms with van der Waals surface area (Å²) in [5, 5.41) is 39.6. The van der Waals surface area contributed by atoms with Crippen LogP contribution in [0.15, 0.2) is 51.9 Å². The fourth-order valence-electron chi connectivity index (χ4n) is 4.01.